The first-order chi connectivity index (χ1) is 26.6. The second kappa shape index (κ2) is 38.4. The van der Waals surface area contributed by atoms with Crippen molar-refractivity contribution in [1.82, 2.24) is 0 Å². The van der Waals surface area contributed by atoms with Crippen molar-refractivity contribution >= 4 is 17.9 Å². The fourth-order valence-electron chi connectivity index (χ4n) is 5.97. The SMILES string of the molecule is CC/C=C\C/C=C\C/C=C\CCCCCCCC(=O)OC(COC(=O)CCCCCCCCCCCCCCCCC)COC(OCC[N+](C)(C)C)C(=O)O. The van der Waals surface area contributed by atoms with Crippen molar-refractivity contribution in [1.29, 1.82) is 0 Å². The maximum absolute atomic E-state index is 12.7. The number of rotatable bonds is 40. The summed E-state index contributed by atoms with van der Waals surface area (Å²) in [5, 5.41) is 9.62. The van der Waals surface area contributed by atoms with Crippen molar-refractivity contribution in [2.75, 3.05) is 47.5 Å². The smallest absolute Gasteiger partial charge is 0.361 e. The van der Waals surface area contributed by atoms with Gasteiger partial charge in [0.1, 0.15) is 13.2 Å². The Labute approximate surface area is 337 Å². The van der Waals surface area contributed by atoms with Crippen LogP contribution in [0.1, 0.15) is 181 Å². The zero-order valence-electron chi connectivity index (χ0n) is 36.1. The van der Waals surface area contributed by atoms with Gasteiger partial charge < -0.3 is 28.5 Å². The van der Waals surface area contributed by atoms with Crippen molar-refractivity contribution in [2.45, 2.75) is 193 Å². The van der Waals surface area contributed by atoms with Gasteiger partial charge in [-0.1, -0.05) is 159 Å². The lowest BCUT2D eigenvalue weighted by atomic mass is 10.0. The molecule has 0 amide bonds. The van der Waals surface area contributed by atoms with Gasteiger partial charge in [-0.05, 0) is 44.9 Å². The summed E-state index contributed by atoms with van der Waals surface area (Å²) in [6.07, 6.45) is 39.1. The molecule has 0 aromatic carbocycles. The largest absolute Gasteiger partial charge is 0.477 e. The van der Waals surface area contributed by atoms with Crippen molar-refractivity contribution in [3.63, 3.8) is 0 Å². The number of quaternary nitrogens is 1. The summed E-state index contributed by atoms with van der Waals surface area (Å²) in [7, 11) is 5.95. The quantitative estimate of drug-likeness (QED) is 0.0215. The van der Waals surface area contributed by atoms with E-state index in [9.17, 15) is 19.5 Å². The Kier molecular flexibility index (Phi) is 36.6. The second-order valence-electron chi connectivity index (χ2n) is 16.0. The monoisotopic (exact) mass is 779 g/mol. The molecule has 0 aliphatic heterocycles. The van der Waals surface area contributed by atoms with E-state index in [0.29, 0.717) is 23.9 Å². The minimum Gasteiger partial charge on any atom is -0.477 e. The van der Waals surface area contributed by atoms with Crippen LogP contribution in [-0.2, 0) is 33.3 Å². The van der Waals surface area contributed by atoms with E-state index in [1.165, 1.54) is 77.0 Å². The molecule has 0 aromatic rings. The Morgan fingerprint density at radius 3 is 1.55 bits per heavy atom. The summed E-state index contributed by atoms with van der Waals surface area (Å²) in [4.78, 5) is 37.1. The maximum atomic E-state index is 12.7. The minimum absolute atomic E-state index is 0.185. The lowest BCUT2D eigenvalue weighted by molar-refractivity contribution is -0.870. The van der Waals surface area contributed by atoms with Crippen LogP contribution in [0.25, 0.3) is 0 Å². The number of carboxylic acids is 1. The highest BCUT2D eigenvalue weighted by molar-refractivity contribution is 5.71. The Morgan fingerprint density at radius 2 is 1.04 bits per heavy atom. The van der Waals surface area contributed by atoms with Gasteiger partial charge in [-0.3, -0.25) is 9.59 Å². The standard InChI is InChI=1S/C46H83NO8/c1-6-8-10-12-14-16-18-20-22-24-26-28-30-32-34-36-43(48)53-40-42(41-54-46(45(50)51)52-39-38-47(3,4)5)55-44(49)37-35-33-31-29-27-25-23-21-19-17-15-13-11-9-7-2/h9,11,15,17,21,23,42,46H,6-8,10,12-14,16,18-20,22,24-41H2,1-5H3/p+1/b11-9-,17-15-,23-21-. The van der Waals surface area contributed by atoms with E-state index in [-0.39, 0.29) is 32.2 Å². The number of allylic oxidation sites excluding steroid dienone is 6. The third-order valence-corrected chi connectivity index (χ3v) is 9.41. The van der Waals surface area contributed by atoms with E-state index < -0.39 is 24.3 Å². The lowest BCUT2D eigenvalue weighted by Gasteiger charge is -2.25. The van der Waals surface area contributed by atoms with Crippen LogP contribution in [0.4, 0.5) is 0 Å². The lowest BCUT2D eigenvalue weighted by Crippen LogP contribution is -2.40. The zero-order valence-corrected chi connectivity index (χ0v) is 36.1. The molecule has 9 nitrogen and oxygen atoms in total. The van der Waals surface area contributed by atoms with E-state index in [1.54, 1.807) is 0 Å². The van der Waals surface area contributed by atoms with Gasteiger partial charge in [0.2, 0.25) is 0 Å². The highest BCUT2D eigenvalue weighted by Crippen LogP contribution is 2.15. The average Bonchev–Trinajstić information content (AvgIpc) is 3.14. The van der Waals surface area contributed by atoms with Gasteiger partial charge in [0.05, 0.1) is 34.4 Å². The number of esters is 2. The highest BCUT2D eigenvalue weighted by atomic mass is 16.7. The molecule has 9 heteroatoms. The number of aliphatic carboxylic acids is 1. The molecule has 0 rings (SSSR count). The number of carboxylic acid groups (broad SMARTS) is 1. The third-order valence-electron chi connectivity index (χ3n) is 9.41. The van der Waals surface area contributed by atoms with Gasteiger partial charge >= 0.3 is 17.9 Å². The Bertz CT molecular complexity index is 1000. The van der Waals surface area contributed by atoms with Gasteiger partial charge in [0, 0.05) is 12.8 Å². The molecule has 320 valence electrons. The van der Waals surface area contributed by atoms with Gasteiger partial charge in [-0.2, -0.15) is 0 Å². The molecular formula is C46H84NO8+. The second-order valence-corrected chi connectivity index (χ2v) is 16.0. The number of ether oxygens (including phenoxy) is 4. The molecule has 0 bridgehead atoms. The first kappa shape index (κ1) is 52.5. The summed E-state index contributed by atoms with van der Waals surface area (Å²) in [6.45, 7) is 4.74. The molecule has 55 heavy (non-hydrogen) atoms. The summed E-state index contributed by atoms with van der Waals surface area (Å²) >= 11 is 0. The van der Waals surface area contributed by atoms with Gasteiger partial charge in [0.25, 0.3) is 6.29 Å². The summed E-state index contributed by atoms with van der Waals surface area (Å²) in [5.41, 5.74) is 0. The van der Waals surface area contributed by atoms with Crippen LogP contribution in [0.2, 0.25) is 0 Å². The molecule has 0 radical (unpaired) electrons. The first-order valence-electron chi connectivity index (χ1n) is 22.2. The van der Waals surface area contributed by atoms with Crippen LogP contribution in [0.15, 0.2) is 36.5 Å². The average molecular weight is 779 g/mol. The molecular weight excluding hydrogens is 695 g/mol. The molecule has 0 spiro atoms. The fraction of sp³-hybridized carbons (Fsp3) is 0.804. The number of unbranched alkanes of at least 4 members (excludes halogenated alkanes) is 19. The predicted molar refractivity (Wildman–Crippen MR) is 226 cm³/mol. The summed E-state index contributed by atoms with van der Waals surface area (Å²) in [5.74, 6) is -2.03. The molecule has 0 saturated carbocycles. The van der Waals surface area contributed by atoms with E-state index in [0.717, 1.165) is 70.6 Å². The minimum atomic E-state index is -1.51. The molecule has 0 aromatic heterocycles. The number of carbonyl (C=O) groups is 3. The molecule has 0 aliphatic carbocycles. The first-order valence-corrected chi connectivity index (χ1v) is 22.2. The molecule has 2 atom stereocenters. The van der Waals surface area contributed by atoms with Crippen molar-refractivity contribution in [3.05, 3.63) is 36.5 Å². The molecule has 0 saturated heterocycles. The van der Waals surface area contributed by atoms with E-state index >= 15 is 0 Å². The maximum Gasteiger partial charge on any atom is 0.361 e. The predicted octanol–water partition coefficient (Wildman–Crippen LogP) is 11.4. The Hall–Kier alpha value is -2.49. The van der Waals surface area contributed by atoms with Crippen molar-refractivity contribution < 1.29 is 42.9 Å². The van der Waals surface area contributed by atoms with Gasteiger partial charge in [0.15, 0.2) is 6.10 Å². The van der Waals surface area contributed by atoms with Crippen molar-refractivity contribution in [3.8, 4) is 0 Å². The molecule has 0 aliphatic rings. The number of hydrogen-bond donors (Lipinski definition) is 1. The Morgan fingerprint density at radius 1 is 0.564 bits per heavy atom. The van der Waals surface area contributed by atoms with Crippen LogP contribution < -0.4 is 0 Å². The summed E-state index contributed by atoms with van der Waals surface area (Å²) in [6, 6.07) is 0. The Balaban J connectivity index is 4.46. The van der Waals surface area contributed by atoms with E-state index in [4.69, 9.17) is 18.9 Å². The van der Waals surface area contributed by atoms with Crippen LogP contribution in [-0.4, -0.2) is 87.4 Å². The third kappa shape index (κ3) is 39.5. The number of likely N-dealkylation sites (N-methyl/N-ethyl adjacent to an activating group) is 1. The van der Waals surface area contributed by atoms with Gasteiger partial charge in [-0.15, -0.1) is 0 Å². The highest BCUT2D eigenvalue weighted by Gasteiger charge is 2.25. The van der Waals surface area contributed by atoms with Crippen LogP contribution in [0.3, 0.4) is 0 Å². The van der Waals surface area contributed by atoms with Crippen LogP contribution in [0, 0.1) is 0 Å². The zero-order chi connectivity index (χ0) is 40.7. The van der Waals surface area contributed by atoms with E-state index in [2.05, 4.69) is 50.3 Å². The van der Waals surface area contributed by atoms with Crippen molar-refractivity contribution in [2.24, 2.45) is 0 Å². The normalized spacial score (nSPS) is 13.3. The fourth-order valence-corrected chi connectivity index (χ4v) is 5.97. The summed E-state index contributed by atoms with van der Waals surface area (Å²) < 4.78 is 22.7. The number of hydrogen-bond acceptors (Lipinski definition) is 7. The molecule has 0 fully saturated rings. The number of nitrogens with zero attached hydrogens (tertiary/aromatic N) is 1. The van der Waals surface area contributed by atoms with Gasteiger partial charge in [-0.25, -0.2) is 4.79 Å². The van der Waals surface area contributed by atoms with Crippen LogP contribution in [0.5, 0.6) is 0 Å². The van der Waals surface area contributed by atoms with Crippen LogP contribution >= 0.6 is 0 Å². The molecule has 0 heterocycles. The molecule has 2 unspecified atom stereocenters. The number of carbonyl (C=O) groups excluding carboxylic acids is 2. The van der Waals surface area contributed by atoms with E-state index in [1.807, 2.05) is 21.1 Å². The topological polar surface area (TPSA) is 108 Å². The molecule has 1 N–H and O–H groups in total.